The highest BCUT2D eigenvalue weighted by Gasteiger charge is 2.34. The number of piperidine rings is 2. The molecule has 2 aromatic heterocycles. The fourth-order valence-electron chi connectivity index (χ4n) is 9.68. The molecule has 0 radical (unpaired) electrons. The van der Waals surface area contributed by atoms with Crippen LogP contribution in [0.4, 0.5) is 37.6 Å². The number of imide groups is 1. The minimum atomic E-state index is -2.74. The molecule has 4 fully saturated rings. The third-order valence-electron chi connectivity index (χ3n) is 13.3. The van der Waals surface area contributed by atoms with Gasteiger partial charge in [-0.3, -0.25) is 24.8 Å². The van der Waals surface area contributed by atoms with Crippen LogP contribution in [0.3, 0.4) is 0 Å². The summed E-state index contributed by atoms with van der Waals surface area (Å²) in [4.78, 5) is 45.5. The molecule has 348 valence electrons. The molecular formula is C49H57BrF2N9O4P. The summed E-state index contributed by atoms with van der Waals surface area (Å²) in [6.07, 6.45) is 7.52. The van der Waals surface area contributed by atoms with Crippen LogP contribution in [0.15, 0.2) is 59.2 Å². The van der Waals surface area contributed by atoms with E-state index in [-0.39, 0.29) is 24.5 Å². The largest absolute Gasteiger partial charge is 0.488 e. The van der Waals surface area contributed by atoms with Crippen LogP contribution in [0.1, 0.15) is 73.8 Å². The van der Waals surface area contributed by atoms with Gasteiger partial charge in [0.15, 0.2) is 0 Å². The molecule has 3 N–H and O–H groups in total. The van der Waals surface area contributed by atoms with Crippen LogP contribution in [-0.2, 0) is 27.0 Å². The summed E-state index contributed by atoms with van der Waals surface area (Å²) < 4.78 is 51.2. The molecular weight excluding hydrogens is 927 g/mol. The molecule has 3 saturated heterocycles. The number of carbonyl (C=O) groups is 2. The van der Waals surface area contributed by atoms with Crippen molar-refractivity contribution in [2.75, 3.05) is 74.7 Å². The van der Waals surface area contributed by atoms with Crippen LogP contribution >= 0.6 is 23.1 Å². The van der Waals surface area contributed by atoms with Crippen LogP contribution in [0, 0.1) is 18.6 Å². The van der Waals surface area contributed by atoms with Gasteiger partial charge in [0.25, 0.3) is 0 Å². The SMILES string of the molecule is CCc1cc(Nc2ncc(Br)c(Nc3ccc4nc(C)ccc4c3P(C)(C)=O)n2)c(OC2CC2)cc1N1CCC(N2CCN(CCc3cc(F)c([C@H]4CCC(=O)NC4=O)c(F)c3)CC2)CC1. The van der Waals surface area contributed by atoms with Gasteiger partial charge in [-0.15, -0.1) is 0 Å². The number of fused-ring (bicyclic) bond motifs is 1. The molecule has 1 saturated carbocycles. The van der Waals surface area contributed by atoms with Crippen LogP contribution in [-0.4, -0.2) is 108 Å². The van der Waals surface area contributed by atoms with Gasteiger partial charge in [0.1, 0.15) is 30.3 Å². The number of benzene rings is 3. The van der Waals surface area contributed by atoms with Crippen LogP contribution in [0.5, 0.6) is 5.75 Å². The Morgan fingerprint density at radius 1 is 0.894 bits per heavy atom. The van der Waals surface area contributed by atoms with E-state index < -0.39 is 36.5 Å². The summed E-state index contributed by atoms with van der Waals surface area (Å²) in [7, 11) is -2.74. The van der Waals surface area contributed by atoms with Crippen molar-refractivity contribution < 1.29 is 27.7 Å². The third kappa shape index (κ3) is 10.3. The number of nitrogens with one attached hydrogen (secondary N) is 3. The van der Waals surface area contributed by atoms with E-state index in [0.29, 0.717) is 46.5 Å². The summed E-state index contributed by atoms with van der Waals surface area (Å²) in [5, 5.41) is 10.7. The van der Waals surface area contributed by atoms with E-state index >= 15 is 8.78 Å². The number of carbonyl (C=O) groups excluding carboxylic acids is 2. The molecule has 66 heavy (non-hydrogen) atoms. The minimum absolute atomic E-state index is 0.0658. The van der Waals surface area contributed by atoms with Crippen molar-refractivity contribution in [3.63, 3.8) is 0 Å². The lowest BCUT2D eigenvalue weighted by molar-refractivity contribution is -0.134. The van der Waals surface area contributed by atoms with E-state index in [9.17, 15) is 14.2 Å². The number of ether oxygens (including phenoxy) is 1. The number of anilines is 5. The normalized spacial score (nSPS) is 19.0. The lowest BCUT2D eigenvalue weighted by atomic mass is 9.89. The van der Waals surface area contributed by atoms with Gasteiger partial charge in [-0.05, 0) is 129 Å². The van der Waals surface area contributed by atoms with E-state index in [4.69, 9.17) is 9.72 Å². The third-order valence-corrected chi connectivity index (χ3v) is 15.5. The molecule has 1 atom stereocenters. The van der Waals surface area contributed by atoms with Gasteiger partial charge in [-0.1, -0.05) is 13.0 Å². The lowest BCUT2D eigenvalue weighted by Crippen LogP contribution is -2.53. The second-order valence-corrected chi connectivity index (χ2v) is 22.4. The maximum absolute atomic E-state index is 15.1. The van der Waals surface area contributed by atoms with Crippen molar-refractivity contribution in [1.82, 2.24) is 30.1 Å². The summed E-state index contributed by atoms with van der Waals surface area (Å²) in [5.41, 5.74) is 5.92. The van der Waals surface area contributed by atoms with Crippen LogP contribution < -0.4 is 30.9 Å². The van der Waals surface area contributed by atoms with E-state index in [1.54, 1.807) is 19.5 Å². The standard InChI is InChI=1S/C49H57BrF2N9O4P/c1-5-31-26-41(56-49-53-28-36(50)47(58-49)55-40-12-11-39-34(9-6-29(2)54-39)46(40)66(3,4)64)43(65-33-7-8-33)27-42(31)61-18-15-32(16-19-61)60-22-20-59(21-23-60)17-14-30-24-37(51)45(38(52)25-30)35-10-13-44(62)57-48(35)63/h6,9,11-12,24-28,32-33,35H,5,7-8,10,13-23H2,1-4H3,(H,57,62,63)(H2,53,55,56,58)/t35-/m1/s1. The van der Waals surface area contributed by atoms with Gasteiger partial charge in [-0.2, -0.15) is 4.98 Å². The van der Waals surface area contributed by atoms with Gasteiger partial charge in [0.05, 0.1) is 33.4 Å². The Kier molecular flexibility index (Phi) is 13.5. The topological polar surface area (TPSA) is 145 Å². The first-order valence-electron chi connectivity index (χ1n) is 23.1. The summed E-state index contributed by atoms with van der Waals surface area (Å²) in [5.74, 6) is -1.80. The van der Waals surface area contributed by atoms with E-state index in [1.165, 1.54) is 23.4 Å². The van der Waals surface area contributed by atoms with Crippen LogP contribution in [0.2, 0.25) is 0 Å². The first-order valence-corrected chi connectivity index (χ1v) is 26.5. The maximum Gasteiger partial charge on any atom is 0.234 e. The Balaban J connectivity index is 0.828. The van der Waals surface area contributed by atoms with Crippen molar-refractivity contribution in [1.29, 1.82) is 0 Å². The van der Waals surface area contributed by atoms with Gasteiger partial charge in [-0.25, -0.2) is 13.8 Å². The summed E-state index contributed by atoms with van der Waals surface area (Å²) in [6.45, 7) is 13.9. The first-order chi connectivity index (χ1) is 31.7. The van der Waals surface area contributed by atoms with E-state index in [1.807, 2.05) is 31.2 Å². The molecule has 0 bridgehead atoms. The highest BCUT2D eigenvalue weighted by atomic mass is 79.9. The van der Waals surface area contributed by atoms with Gasteiger partial charge in [0.2, 0.25) is 17.8 Å². The zero-order valence-corrected chi connectivity index (χ0v) is 40.4. The Hall–Kier alpha value is -5.02. The Labute approximate surface area is 393 Å². The highest BCUT2D eigenvalue weighted by Crippen LogP contribution is 2.43. The predicted molar refractivity (Wildman–Crippen MR) is 260 cm³/mol. The molecule has 4 aliphatic rings. The van der Waals surface area contributed by atoms with Crippen molar-refractivity contribution in [2.24, 2.45) is 0 Å². The summed E-state index contributed by atoms with van der Waals surface area (Å²) in [6, 6.07) is 15.3. The molecule has 5 heterocycles. The average molecular weight is 985 g/mol. The number of hydrogen-bond acceptors (Lipinski definition) is 12. The molecule has 1 aliphatic carbocycles. The second kappa shape index (κ2) is 19.3. The second-order valence-electron chi connectivity index (χ2n) is 18.4. The minimum Gasteiger partial charge on any atom is -0.488 e. The first kappa shape index (κ1) is 46.1. The molecule has 3 aromatic carbocycles. The van der Waals surface area contributed by atoms with Gasteiger partial charge < -0.3 is 29.7 Å². The number of piperazine rings is 1. The van der Waals surface area contributed by atoms with Crippen molar-refractivity contribution in [3.05, 3.63) is 93.2 Å². The van der Waals surface area contributed by atoms with Crippen LogP contribution in [0.25, 0.3) is 10.9 Å². The molecule has 17 heteroatoms. The zero-order chi connectivity index (χ0) is 46.3. The van der Waals surface area contributed by atoms with Gasteiger partial charge in [0, 0.05) is 98.2 Å². The molecule has 5 aromatic rings. The Morgan fingerprint density at radius 2 is 1.64 bits per heavy atom. The van der Waals surface area contributed by atoms with Crippen molar-refractivity contribution in [2.45, 2.75) is 83.3 Å². The Morgan fingerprint density at radius 3 is 2.32 bits per heavy atom. The van der Waals surface area contributed by atoms with E-state index in [0.717, 1.165) is 105 Å². The predicted octanol–water partition coefficient (Wildman–Crippen LogP) is 8.56. The number of hydrogen-bond donors (Lipinski definition) is 3. The van der Waals surface area contributed by atoms with E-state index in [2.05, 4.69) is 75.6 Å². The van der Waals surface area contributed by atoms with Crippen molar-refractivity contribution in [3.8, 4) is 5.75 Å². The number of nitrogens with zero attached hydrogens (tertiary/aromatic N) is 6. The smallest absolute Gasteiger partial charge is 0.234 e. The Bertz CT molecular complexity index is 2700. The maximum atomic E-state index is 15.1. The fraction of sp³-hybridized carbons (Fsp3) is 0.449. The quantitative estimate of drug-likeness (QED) is 0.0725. The molecule has 3 aliphatic heterocycles. The summed E-state index contributed by atoms with van der Waals surface area (Å²) >= 11 is 3.64. The van der Waals surface area contributed by atoms with Gasteiger partial charge >= 0.3 is 0 Å². The number of amides is 2. The molecule has 9 rings (SSSR count). The average Bonchev–Trinajstić information content (AvgIpc) is 4.11. The molecule has 13 nitrogen and oxygen atoms in total. The number of rotatable bonds is 14. The van der Waals surface area contributed by atoms with Crippen molar-refractivity contribution >= 4 is 79.9 Å². The number of aromatic nitrogens is 3. The molecule has 2 amide bonds. The fourth-order valence-corrected chi connectivity index (χ4v) is 11.5. The lowest BCUT2D eigenvalue weighted by Gasteiger charge is -2.43. The zero-order valence-electron chi connectivity index (χ0n) is 37.9. The number of halogens is 3. The number of aryl methyl sites for hydroxylation is 2. The monoisotopic (exact) mass is 983 g/mol. The molecule has 0 spiro atoms. The molecule has 0 unspecified atom stereocenters. The number of pyridine rings is 1. The highest BCUT2D eigenvalue weighted by molar-refractivity contribution is 9.10.